The molecule has 1 heterocycles. The Labute approximate surface area is 128 Å². The molecule has 0 fully saturated rings. The fraction of sp³-hybridized carbons (Fsp3) is 0.235. The lowest BCUT2D eigenvalue weighted by Crippen LogP contribution is -2.49. The molecule has 1 aliphatic heterocycles. The fourth-order valence-electron chi connectivity index (χ4n) is 2.60. The van der Waals surface area contributed by atoms with Crippen LogP contribution < -0.4 is 10.1 Å². The lowest BCUT2D eigenvalue weighted by Gasteiger charge is -2.38. The van der Waals surface area contributed by atoms with E-state index in [1.165, 1.54) is 6.07 Å². The second-order valence-electron chi connectivity index (χ2n) is 5.22. The number of anilines is 1. The molecular formula is C17H17NO4. The smallest absolute Gasteiger partial charge is 0.339 e. The number of aromatic carboxylic acids is 1. The van der Waals surface area contributed by atoms with Gasteiger partial charge in [-0.3, -0.25) is 0 Å². The third-order valence-corrected chi connectivity index (χ3v) is 3.77. The Kier molecular flexibility index (Phi) is 3.73. The van der Waals surface area contributed by atoms with Crippen LogP contribution in [-0.4, -0.2) is 30.5 Å². The first-order valence-corrected chi connectivity index (χ1v) is 7.02. The molecule has 114 valence electrons. The number of fused-ring (bicyclic) bond motifs is 1. The molecule has 0 spiro atoms. The predicted molar refractivity (Wildman–Crippen MR) is 82.4 cm³/mol. The highest BCUT2D eigenvalue weighted by molar-refractivity contribution is 5.93. The average molecular weight is 299 g/mol. The molecule has 1 unspecified atom stereocenters. The van der Waals surface area contributed by atoms with E-state index in [9.17, 15) is 9.90 Å². The number of rotatable bonds is 4. The van der Waals surface area contributed by atoms with Gasteiger partial charge in [-0.25, -0.2) is 4.79 Å². The van der Waals surface area contributed by atoms with E-state index in [2.05, 4.69) is 5.32 Å². The highest BCUT2D eigenvalue weighted by Gasteiger charge is 2.38. The van der Waals surface area contributed by atoms with Gasteiger partial charge in [-0.2, -0.15) is 0 Å². The number of benzene rings is 2. The molecule has 0 saturated heterocycles. The van der Waals surface area contributed by atoms with Crippen molar-refractivity contribution in [2.24, 2.45) is 0 Å². The van der Waals surface area contributed by atoms with Crippen LogP contribution in [-0.2, 0) is 11.2 Å². The summed E-state index contributed by atoms with van der Waals surface area (Å²) in [6.07, 6.45) is 0.519. The summed E-state index contributed by atoms with van der Waals surface area (Å²) in [5.41, 5.74) is 1.85. The van der Waals surface area contributed by atoms with Gasteiger partial charge in [0.1, 0.15) is 5.56 Å². The van der Waals surface area contributed by atoms with E-state index in [-0.39, 0.29) is 5.56 Å². The van der Waals surface area contributed by atoms with Crippen molar-refractivity contribution in [3.8, 4) is 5.75 Å². The summed E-state index contributed by atoms with van der Waals surface area (Å²) in [7, 11) is 1.57. The number of nitrogens with one attached hydrogen (secondary N) is 1. The molecule has 0 saturated carbocycles. The standard InChI is InChI=1S/C17H17NO4/c1-21-17(10-12-6-3-2-4-7-12)11-18-14-9-5-8-13(16(19)20)15(14)22-17/h2-9,18H,10-11H2,1H3,(H,19,20). The van der Waals surface area contributed by atoms with Gasteiger partial charge in [0.15, 0.2) is 5.75 Å². The Bertz CT molecular complexity index is 686. The molecule has 22 heavy (non-hydrogen) atoms. The molecule has 0 aliphatic carbocycles. The quantitative estimate of drug-likeness (QED) is 0.908. The van der Waals surface area contributed by atoms with Crippen LogP contribution in [0, 0.1) is 0 Å². The third-order valence-electron chi connectivity index (χ3n) is 3.77. The second kappa shape index (κ2) is 5.69. The van der Waals surface area contributed by atoms with E-state index in [0.29, 0.717) is 24.4 Å². The van der Waals surface area contributed by atoms with E-state index in [1.807, 2.05) is 30.3 Å². The van der Waals surface area contributed by atoms with Crippen molar-refractivity contribution in [3.63, 3.8) is 0 Å². The van der Waals surface area contributed by atoms with Crippen LogP contribution in [0.1, 0.15) is 15.9 Å². The van der Waals surface area contributed by atoms with Crippen LogP contribution in [0.3, 0.4) is 0 Å². The first-order chi connectivity index (χ1) is 10.6. The molecule has 0 bridgehead atoms. The van der Waals surface area contributed by atoms with E-state index >= 15 is 0 Å². The number of hydrogen-bond donors (Lipinski definition) is 2. The SMILES string of the molecule is COC1(Cc2ccccc2)CNc2cccc(C(=O)O)c2O1. The van der Waals surface area contributed by atoms with Gasteiger partial charge in [0.2, 0.25) is 5.79 Å². The molecule has 5 heteroatoms. The summed E-state index contributed by atoms with van der Waals surface area (Å²) in [5.74, 6) is -1.64. The molecule has 2 aromatic carbocycles. The van der Waals surface area contributed by atoms with Gasteiger partial charge in [-0.05, 0) is 17.7 Å². The number of carbonyl (C=O) groups is 1. The minimum absolute atomic E-state index is 0.124. The van der Waals surface area contributed by atoms with Crippen molar-refractivity contribution >= 4 is 11.7 Å². The minimum Gasteiger partial charge on any atom is -0.478 e. The number of carboxylic acid groups (broad SMARTS) is 1. The molecule has 2 aromatic rings. The van der Waals surface area contributed by atoms with Crippen molar-refractivity contribution in [2.45, 2.75) is 12.2 Å². The minimum atomic E-state index is -1.02. The largest absolute Gasteiger partial charge is 0.478 e. The van der Waals surface area contributed by atoms with E-state index in [1.54, 1.807) is 19.2 Å². The normalized spacial score (nSPS) is 19.7. The summed E-state index contributed by atoms with van der Waals surface area (Å²) in [6, 6.07) is 14.8. The van der Waals surface area contributed by atoms with Gasteiger partial charge in [0.25, 0.3) is 0 Å². The van der Waals surface area contributed by atoms with Crippen molar-refractivity contribution < 1.29 is 19.4 Å². The van der Waals surface area contributed by atoms with Gasteiger partial charge in [-0.15, -0.1) is 0 Å². The highest BCUT2D eigenvalue weighted by atomic mass is 16.7. The number of para-hydroxylation sites is 1. The Morgan fingerprint density at radius 1 is 1.27 bits per heavy atom. The van der Waals surface area contributed by atoms with Crippen LogP contribution in [0.2, 0.25) is 0 Å². The second-order valence-corrected chi connectivity index (χ2v) is 5.22. The molecule has 0 aromatic heterocycles. The monoisotopic (exact) mass is 299 g/mol. The maximum Gasteiger partial charge on any atom is 0.339 e. The van der Waals surface area contributed by atoms with Crippen molar-refractivity contribution in [3.05, 3.63) is 59.7 Å². The van der Waals surface area contributed by atoms with Crippen molar-refractivity contribution in [1.82, 2.24) is 0 Å². The summed E-state index contributed by atoms with van der Waals surface area (Å²) in [5, 5.41) is 12.5. The van der Waals surface area contributed by atoms with Gasteiger partial charge in [-0.1, -0.05) is 36.4 Å². The molecule has 5 nitrogen and oxygen atoms in total. The highest BCUT2D eigenvalue weighted by Crippen LogP contribution is 2.37. The molecule has 2 N–H and O–H groups in total. The molecule has 1 aliphatic rings. The summed E-state index contributed by atoms with van der Waals surface area (Å²) < 4.78 is 11.6. The number of carboxylic acids is 1. The molecule has 1 atom stereocenters. The fourth-order valence-corrected chi connectivity index (χ4v) is 2.60. The van der Waals surface area contributed by atoms with Crippen LogP contribution in [0.25, 0.3) is 0 Å². The van der Waals surface area contributed by atoms with Crippen molar-refractivity contribution in [1.29, 1.82) is 0 Å². The zero-order valence-electron chi connectivity index (χ0n) is 12.2. The first kappa shape index (κ1) is 14.4. The van der Waals surface area contributed by atoms with E-state index < -0.39 is 11.8 Å². The Morgan fingerprint density at radius 3 is 2.73 bits per heavy atom. The topological polar surface area (TPSA) is 67.8 Å². The zero-order chi connectivity index (χ0) is 15.6. The predicted octanol–water partition coefficient (Wildman–Crippen LogP) is 2.77. The van der Waals surface area contributed by atoms with Crippen LogP contribution >= 0.6 is 0 Å². The Morgan fingerprint density at radius 2 is 2.05 bits per heavy atom. The zero-order valence-corrected chi connectivity index (χ0v) is 12.2. The average Bonchev–Trinajstić information content (AvgIpc) is 2.55. The van der Waals surface area contributed by atoms with Gasteiger partial charge < -0.3 is 19.9 Å². The van der Waals surface area contributed by atoms with Crippen LogP contribution in [0.15, 0.2) is 48.5 Å². The number of methoxy groups -OCH3 is 1. The Hall–Kier alpha value is -2.53. The molecule has 0 amide bonds. The maximum absolute atomic E-state index is 11.4. The molecule has 3 rings (SSSR count). The van der Waals surface area contributed by atoms with Crippen LogP contribution in [0.4, 0.5) is 5.69 Å². The van der Waals surface area contributed by atoms with E-state index in [4.69, 9.17) is 9.47 Å². The number of hydrogen-bond acceptors (Lipinski definition) is 4. The summed E-state index contributed by atoms with van der Waals surface area (Å²) in [6.45, 7) is 0.439. The van der Waals surface area contributed by atoms with Crippen LogP contribution in [0.5, 0.6) is 5.75 Å². The maximum atomic E-state index is 11.4. The third kappa shape index (κ3) is 2.63. The summed E-state index contributed by atoms with van der Waals surface area (Å²) in [4.78, 5) is 11.4. The van der Waals surface area contributed by atoms with Gasteiger partial charge in [0.05, 0.1) is 12.2 Å². The van der Waals surface area contributed by atoms with Gasteiger partial charge >= 0.3 is 5.97 Å². The summed E-state index contributed by atoms with van der Waals surface area (Å²) >= 11 is 0. The van der Waals surface area contributed by atoms with Crippen molar-refractivity contribution in [2.75, 3.05) is 19.0 Å². The first-order valence-electron chi connectivity index (χ1n) is 7.02. The molecule has 0 radical (unpaired) electrons. The lowest BCUT2D eigenvalue weighted by molar-refractivity contribution is -0.155. The van der Waals surface area contributed by atoms with E-state index in [0.717, 1.165) is 5.56 Å². The number of ether oxygens (including phenoxy) is 2. The van der Waals surface area contributed by atoms with Gasteiger partial charge in [0, 0.05) is 13.5 Å². The lowest BCUT2D eigenvalue weighted by atomic mass is 10.0. The molecular weight excluding hydrogens is 282 g/mol. The Balaban J connectivity index is 1.95.